The maximum Gasteiger partial charge on any atom is 0.379 e. The van der Waals surface area contributed by atoms with Crippen molar-refractivity contribution < 1.29 is 18.8 Å². The second-order valence-electron chi connectivity index (χ2n) is 3.07. The Morgan fingerprint density at radius 2 is 1.93 bits per heavy atom. The molecule has 1 fully saturated rings. The normalized spacial score (nSPS) is 18.6. The van der Waals surface area contributed by atoms with Gasteiger partial charge in [-0.2, -0.15) is 0 Å². The van der Waals surface area contributed by atoms with E-state index in [1.165, 1.54) is 0 Å². The van der Waals surface area contributed by atoms with Crippen LogP contribution in [0.2, 0.25) is 0 Å². The lowest BCUT2D eigenvalue weighted by atomic mass is 10.5. The van der Waals surface area contributed by atoms with Crippen LogP contribution >= 0.6 is 7.60 Å². The summed E-state index contributed by atoms with van der Waals surface area (Å²) in [6.07, 6.45) is 1.78. The minimum Gasteiger partial charge on any atom is -0.410 e. The molecule has 6 heteroatoms. The number of hydrogen-bond donors (Lipinski definition) is 1. The van der Waals surface area contributed by atoms with Crippen molar-refractivity contribution in [2.45, 2.75) is 26.7 Å². The average Bonchev–Trinajstić information content (AvgIpc) is 2.90. The average molecular weight is 221 g/mol. The van der Waals surface area contributed by atoms with Gasteiger partial charge in [-0.05, 0) is 26.7 Å². The van der Waals surface area contributed by atoms with E-state index in [0.29, 0.717) is 0 Å². The molecule has 0 unspecified atom stereocenters. The van der Waals surface area contributed by atoms with Gasteiger partial charge in [0.2, 0.25) is 0 Å². The molecule has 1 aliphatic rings. The molecule has 1 rings (SSSR count). The maximum atomic E-state index is 12.1. The van der Waals surface area contributed by atoms with Crippen LogP contribution in [0.15, 0.2) is 5.16 Å². The van der Waals surface area contributed by atoms with Crippen molar-refractivity contribution in [3.63, 3.8) is 0 Å². The van der Waals surface area contributed by atoms with Crippen LogP contribution in [0.1, 0.15) is 26.7 Å². The number of rotatable bonds is 6. The summed E-state index contributed by atoms with van der Waals surface area (Å²) in [5, 5.41) is 11.8. The van der Waals surface area contributed by atoms with Crippen LogP contribution in [0.5, 0.6) is 0 Å². The van der Waals surface area contributed by atoms with Gasteiger partial charge in [0.15, 0.2) is 5.45 Å². The fourth-order valence-corrected chi connectivity index (χ4v) is 3.04. The third-order valence-electron chi connectivity index (χ3n) is 1.92. The SMILES string of the molecule is CCOP(=O)(OCC)/C(=N/O)C1CC1. The fourth-order valence-electron chi connectivity index (χ4n) is 1.21. The molecule has 0 bridgehead atoms. The molecule has 0 saturated heterocycles. The van der Waals surface area contributed by atoms with E-state index in [2.05, 4.69) is 5.16 Å². The molecule has 0 aromatic rings. The van der Waals surface area contributed by atoms with Crippen molar-refractivity contribution in [1.29, 1.82) is 0 Å². The summed E-state index contributed by atoms with van der Waals surface area (Å²) in [6, 6.07) is 0. The molecule has 0 aromatic carbocycles. The van der Waals surface area contributed by atoms with E-state index >= 15 is 0 Å². The Bertz CT molecular complexity index is 252. The van der Waals surface area contributed by atoms with Crippen molar-refractivity contribution in [2.24, 2.45) is 11.1 Å². The first-order valence-corrected chi connectivity index (χ1v) is 6.33. The topological polar surface area (TPSA) is 68.1 Å². The van der Waals surface area contributed by atoms with Crippen LogP contribution in [-0.2, 0) is 13.6 Å². The zero-order chi connectivity index (χ0) is 10.6. The van der Waals surface area contributed by atoms with Crippen LogP contribution < -0.4 is 0 Å². The predicted molar refractivity (Wildman–Crippen MR) is 52.8 cm³/mol. The number of hydrogen-bond acceptors (Lipinski definition) is 5. The summed E-state index contributed by atoms with van der Waals surface area (Å²) >= 11 is 0. The van der Waals surface area contributed by atoms with Gasteiger partial charge >= 0.3 is 7.60 Å². The lowest BCUT2D eigenvalue weighted by Crippen LogP contribution is -2.09. The Labute approximate surface area is 83.6 Å². The molecular weight excluding hydrogens is 205 g/mol. The van der Waals surface area contributed by atoms with Gasteiger partial charge in [0, 0.05) is 5.92 Å². The molecule has 0 spiro atoms. The molecular formula is C8H16NO4P. The molecule has 14 heavy (non-hydrogen) atoms. The van der Waals surface area contributed by atoms with Gasteiger partial charge in [-0.25, -0.2) is 0 Å². The maximum absolute atomic E-state index is 12.1. The van der Waals surface area contributed by atoms with Gasteiger partial charge in [0.1, 0.15) is 0 Å². The van der Waals surface area contributed by atoms with Crippen LogP contribution in [-0.4, -0.2) is 23.9 Å². The molecule has 1 aliphatic carbocycles. The first-order chi connectivity index (χ1) is 6.68. The van der Waals surface area contributed by atoms with Gasteiger partial charge in [0.25, 0.3) is 0 Å². The summed E-state index contributed by atoms with van der Waals surface area (Å²) in [4.78, 5) is 0. The van der Waals surface area contributed by atoms with Crippen LogP contribution in [0, 0.1) is 5.92 Å². The van der Waals surface area contributed by atoms with Gasteiger partial charge in [-0.15, -0.1) is 0 Å². The van der Waals surface area contributed by atoms with E-state index in [-0.39, 0.29) is 24.6 Å². The summed E-state index contributed by atoms with van der Waals surface area (Å²) in [5.41, 5.74) is 0.182. The Morgan fingerprint density at radius 1 is 1.43 bits per heavy atom. The monoisotopic (exact) mass is 221 g/mol. The van der Waals surface area contributed by atoms with Gasteiger partial charge in [0.05, 0.1) is 13.2 Å². The van der Waals surface area contributed by atoms with Crippen LogP contribution in [0.3, 0.4) is 0 Å². The Kier molecular flexibility index (Phi) is 4.11. The zero-order valence-electron chi connectivity index (χ0n) is 8.47. The highest BCUT2D eigenvalue weighted by Gasteiger charge is 2.43. The van der Waals surface area contributed by atoms with Crippen molar-refractivity contribution in [1.82, 2.24) is 0 Å². The minimum absolute atomic E-state index is 0.0731. The van der Waals surface area contributed by atoms with Crippen molar-refractivity contribution >= 4 is 13.0 Å². The zero-order valence-corrected chi connectivity index (χ0v) is 9.37. The molecule has 0 aliphatic heterocycles. The fraction of sp³-hybridized carbons (Fsp3) is 0.875. The van der Waals surface area contributed by atoms with Crippen LogP contribution in [0.25, 0.3) is 0 Å². The van der Waals surface area contributed by atoms with E-state index in [0.717, 1.165) is 12.8 Å². The lowest BCUT2D eigenvalue weighted by molar-refractivity contribution is 0.229. The molecule has 0 radical (unpaired) electrons. The van der Waals surface area contributed by atoms with Crippen LogP contribution in [0.4, 0.5) is 0 Å². The standard InChI is InChI=1S/C8H16NO4P/c1-3-12-14(11,13-4-2)8(9-10)7-5-6-7/h7,10H,3-6H2,1-2H3/b9-8+. The molecule has 82 valence electrons. The number of nitrogens with zero attached hydrogens (tertiary/aromatic N) is 1. The highest BCUT2D eigenvalue weighted by atomic mass is 31.2. The molecule has 1 N–H and O–H groups in total. The highest BCUT2D eigenvalue weighted by molar-refractivity contribution is 7.72. The van der Waals surface area contributed by atoms with E-state index in [1.54, 1.807) is 13.8 Å². The van der Waals surface area contributed by atoms with Gasteiger partial charge in [-0.3, -0.25) is 4.57 Å². The first kappa shape index (κ1) is 11.7. The minimum atomic E-state index is -3.32. The first-order valence-electron chi connectivity index (χ1n) is 4.79. The third-order valence-corrected chi connectivity index (χ3v) is 4.14. The molecule has 1 saturated carbocycles. The summed E-state index contributed by atoms with van der Waals surface area (Å²) < 4.78 is 22.2. The second-order valence-corrected chi connectivity index (χ2v) is 5.04. The third kappa shape index (κ3) is 2.56. The van der Waals surface area contributed by atoms with E-state index in [4.69, 9.17) is 14.3 Å². The quantitative estimate of drug-likeness (QED) is 0.324. The Morgan fingerprint density at radius 3 is 2.21 bits per heavy atom. The molecule has 5 nitrogen and oxygen atoms in total. The Hall–Kier alpha value is -0.380. The van der Waals surface area contributed by atoms with E-state index in [1.807, 2.05) is 0 Å². The van der Waals surface area contributed by atoms with Gasteiger partial charge < -0.3 is 14.3 Å². The largest absolute Gasteiger partial charge is 0.410 e. The molecule has 0 aromatic heterocycles. The van der Waals surface area contributed by atoms with Crippen molar-refractivity contribution in [3.05, 3.63) is 0 Å². The lowest BCUT2D eigenvalue weighted by Gasteiger charge is -2.17. The molecule has 0 amide bonds. The molecule has 0 atom stereocenters. The number of oxime groups is 1. The van der Waals surface area contributed by atoms with E-state index < -0.39 is 7.60 Å². The van der Waals surface area contributed by atoms with Gasteiger partial charge in [-0.1, -0.05) is 5.16 Å². The summed E-state index contributed by atoms with van der Waals surface area (Å²) in [6.45, 7) is 4.02. The van der Waals surface area contributed by atoms with Crippen molar-refractivity contribution in [2.75, 3.05) is 13.2 Å². The Balaban J connectivity index is 2.78. The summed E-state index contributed by atoms with van der Waals surface area (Å²) in [7, 11) is -3.32. The van der Waals surface area contributed by atoms with E-state index in [9.17, 15) is 4.57 Å². The highest BCUT2D eigenvalue weighted by Crippen LogP contribution is 2.56. The van der Waals surface area contributed by atoms with Crippen molar-refractivity contribution in [3.8, 4) is 0 Å². The second kappa shape index (κ2) is 4.91. The molecule has 0 heterocycles. The summed E-state index contributed by atoms with van der Waals surface area (Å²) in [5.74, 6) is 0.0731. The predicted octanol–water partition coefficient (Wildman–Crippen LogP) is 2.45. The smallest absolute Gasteiger partial charge is 0.379 e.